The van der Waals surface area contributed by atoms with Gasteiger partial charge in [-0.3, -0.25) is 19.4 Å². The number of carboxylic acids is 1. The average molecular weight is 300 g/mol. The van der Waals surface area contributed by atoms with Crippen molar-refractivity contribution in [2.24, 2.45) is 0 Å². The fourth-order valence-corrected chi connectivity index (χ4v) is 3.01. The molecule has 116 valence electrons. The largest absolute Gasteiger partial charge is 0.480 e. The quantitative estimate of drug-likeness (QED) is 0.910. The summed E-state index contributed by atoms with van der Waals surface area (Å²) in [4.78, 5) is 17.2. The van der Waals surface area contributed by atoms with Gasteiger partial charge in [-0.25, -0.2) is 0 Å². The molecule has 0 bridgehead atoms. The summed E-state index contributed by atoms with van der Waals surface area (Å²) in [6.07, 6.45) is 7.65. The number of likely N-dealkylation sites (tertiary alicyclic amines) is 1. The second-order valence-electron chi connectivity index (χ2n) is 5.76. The third-order valence-electron chi connectivity index (χ3n) is 4.04. The summed E-state index contributed by atoms with van der Waals surface area (Å²) in [6.45, 7) is 2.91. The standard InChI is InChI=1S/C16H20N4O2/c21-16(22)12-20-9-5-15(18-20)14-2-1-8-19(11-14)10-13-3-6-17-7-4-13/h3-7,9,14H,1-2,8,10-12H2,(H,21,22)/t14-/m0/s1. The maximum atomic E-state index is 10.7. The zero-order valence-corrected chi connectivity index (χ0v) is 12.4. The second-order valence-corrected chi connectivity index (χ2v) is 5.76. The molecule has 0 unspecified atom stereocenters. The van der Waals surface area contributed by atoms with Gasteiger partial charge in [0, 0.05) is 37.6 Å². The van der Waals surface area contributed by atoms with Crippen molar-refractivity contribution in [3.8, 4) is 0 Å². The van der Waals surface area contributed by atoms with Crippen LogP contribution >= 0.6 is 0 Å². The van der Waals surface area contributed by atoms with Gasteiger partial charge in [0.05, 0.1) is 5.69 Å². The maximum absolute atomic E-state index is 10.7. The Morgan fingerprint density at radius 1 is 1.32 bits per heavy atom. The lowest BCUT2D eigenvalue weighted by Gasteiger charge is -2.31. The van der Waals surface area contributed by atoms with Crippen molar-refractivity contribution in [2.45, 2.75) is 31.8 Å². The highest BCUT2D eigenvalue weighted by atomic mass is 16.4. The van der Waals surface area contributed by atoms with E-state index in [1.807, 2.05) is 30.6 Å². The lowest BCUT2D eigenvalue weighted by molar-refractivity contribution is -0.137. The molecule has 1 fully saturated rings. The summed E-state index contributed by atoms with van der Waals surface area (Å²) in [7, 11) is 0. The Morgan fingerprint density at radius 2 is 2.14 bits per heavy atom. The predicted octanol–water partition coefficient (Wildman–Crippen LogP) is 1.74. The molecule has 3 rings (SSSR count). The Hall–Kier alpha value is -2.21. The SMILES string of the molecule is O=C(O)Cn1ccc([C@H]2CCCN(Cc3ccncc3)C2)n1. The first-order chi connectivity index (χ1) is 10.7. The first-order valence-electron chi connectivity index (χ1n) is 7.57. The van der Waals surface area contributed by atoms with Crippen molar-refractivity contribution >= 4 is 5.97 Å². The van der Waals surface area contributed by atoms with E-state index >= 15 is 0 Å². The lowest BCUT2D eigenvalue weighted by Crippen LogP contribution is -2.34. The molecule has 0 aromatic carbocycles. The molecule has 0 radical (unpaired) electrons. The molecule has 0 spiro atoms. The van der Waals surface area contributed by atoms with Crippen LogP contribution in [0.2, 0.25) is 0 Å². The van der Waals surface area contributed by atoms with E-state index < -0.39 is 5.97 Å². The average Bonchev–Trinajstić information content (AvgIpc) is 2.96. The summed E-state index contributed by atoms with van der Waals surface area (Å²) in [5.41, 5.74) is 2.27. The molecule has 22 heavy (non-hydrogen) atoms. The van der Waals surface area contributed by atoms with E-state index in [0.29, 0.717) is 5.92 Å². The number of aliphatic carboxylic acids is 1. The number of pyridine rings is 1. The van der Waals surface area contributed by atoms with Crippen molar-refractivity contribution in [3.63, 3.8) is 0 Å². The zero-order valence-electron chi connectivity index (χ0n) is 12.4. The van der Waals surface area contributed by atoms with Gasteiger partial charge < -0.3 is 5.11 Å². The van der Waals surface area contributed by atoms with Crippen LogP contribution < -0.4 is 0 Å². The van der Waals surface area contributed by atoms with Gasteiger partial charge in [0.1, 0.15) is 6.54 Å². The van der Waals surface area contributed by atoms with Gasteiger partial charge in [-0.1, -0.05) is 0 Å². The highest BCUT2D eigenvalue weighted by Gasteiger charge is 2.23. The highest BCUT2D eigenvalue weighted by molar-refractivity contribution is 5.66. The summed E-state index contributed by atoms with van der Waals surface area (Å²) >= 11 is 0. The van der Waals surface area contributed by atoms with Crippen LogP contribution in [0.15, 0.2) is 36.8 Å². The van der Waals surface area contributed by atoms with Crippen molar-refractivity contribution in [3.05, 3.63) is 48.0 Å². The molecule has 1 atom stereocenters. The number of hydrogen-bond acceptors (Lipinski definition) is 4. The highest BCUT2D eigenvalue weighted by Crippen LogP contribution is 2.26. The van der Waals surface area contributed by atoms with Crippen LogP contribution in [0.1, 0.15) is 30.0 Å². The van der Waals surface area contributed by atoms with Crippen LogP contribution in [-0.4, -0.2) is 43.8 Å². The molecule has 1 N–H and O–H groups in total. The van der Waals surface area contributed by atoms with E-state index in [1.54, 1.807) is 6.20 Å². The van der Waals surface area contributed by atoms with E-state index in [-0.39, 0.29) is 6.54 Å². The Labute approximate surface area is 129 Å². The molecule has 6 nitrogen and oxygen atoms in total. The molecule has 1 saturated heterocycles. The third kappa shape index (κ3) is 3.71. The van der Waals surface area contributed by atoms with Crippen LogP contribution in [0.25, 0.3) is 0 Å². The Balaban J connectivity index is 1.62. The first kappa shape index (κ1) is 14.7. The monoisotopic (exact) mass is 300 g/mol. The van der Waals surface area contributed by atoms with Crippen molar-refractivity contribution in [2.75, 3.05) is 13.1 Å². The molecular weight excluding hydrogens is 280 g/mol. The molecule has 0 saturated carbocycles. The smallest absolute Gasteiger partial charge is 0.325 e. The van der Waals surface area contributed by atoms with Gasteiger partial charge in [-0.15, -0.1) is 0 Å². The zero-order chi connectivity index (χ0) is 15.4. The number of aromatic nitrogens is 3. The summed E-state index contributed by atoms with van der Waals surface area (Å²) < 4.78 is 1.50. The maximum Gasteiger partial charge on any atom is 0.325 e. The summed E-state index contributed by atoms with van der Waals surface area (Å²) in [6, 6.07) is 6.04. The second kappa shape index (κ2) is 6.70. The Bertz CT molecular complexity index is 626. The lowest BCUT2D eigenvalue weighted by atomic mass is 9.94. The fourth-order valence-electron chi connectivity index (χ4n) is 3.01. The molecule has 1 aliphatic rings. The van der Waals surface area contributed by atoms with Crippen molar-refractivity contribution in [1.29, 1.82) is 0 Å². The number of hydrogen-bond donors (Lipinski definition) is 1. The van der Waals surface area contributed by atoms with Gasteiger partial charge in [-0.05, 0) is 43.1 Å². The van der Waals surface area contributed by atoms with Crippen LogP contribution in [0, 0.1) is 0 Å². The molecule has 0 aliphatic carbocycles. The van der Waals surface area contributed by atoms with Gasteiger partial charge in [0.25, 0.3) is 0 Å². The molecule has 2 aromatic rings. The van der Waals surface area contributed by atoms with E-state index in [0.717, 1.165) is 38.2 Å². The summed E-state index contributed by atoms with van der Waals surface area (Å²) in [5.74, 6) is -0.483. The van der Waals surface area contributed by atoms with E-state index in [4.69, 9.17) is 5.11 Å². The van der Waals surface area contributed by atoms with Crippen LogP contribution in [0.3, 0.4) is 0 Å². The number of piperidine rings is 1. The van der Waals surface area contributed by atoms with Gasteiger partial charge in [-0.2, -0.15) is 5.10 Å². The minimum absolute atomic E-state index is 0.0759. The molecule has 2 aromatic heterocycles. The number of carboxylic acid groups (broad SMARTS) is 1. The number of nitrogens with zero attached hydrogens (tertiary/aromatic N) is 4. The normalized spacial score (nSPS) is 19.2. The third-order valence-corrected chi connectivity index (χ3v) is 4.04. The molecule has 3 heterocycles. The Kier molecular flexibility index (Phi) is 4.48. The van der Waals surface area contributed by atoms with Gasteiger partial charge in [0.2, 0.25) is 0 Å². The molecule has 0 amide bonds. The van der Waals surface area contributed by atoms with E-state index in [2.05, 4.69) is 15.0 Å². The predicted molar refractivity (Wildman–Crippen MR) is 81.4 cm³/mol. The summed E-state index contributed by atoms with van der Waals surface area (Å²) in [5, 5.41) is 13.2. The molecule has 1 aliphatic heterocycles. The number of carbonyl (C=O) groups is 1. The first-order valence-corrected chi connectivity index (χ1v) is 7.57. The van der Waals surface area contributed by atoms with Crippen LogP contribution in [-0.2, 0) is 17.9 Å². The van der Waals surface area contributed by atoms with E-state index in [9.17, 15) is 4.79 Å². The fraction of sp³-hybridized carbons (Fsp3) is 0.438. The van der Waals surface area contributed by atoms with Gasteiger partial charge >= 0.3 is 5.97 Å². The van der Waals surface area contributed by atoms with Crippen LogP contribution in [0.5, 0.6) is 0 Å². The van der Waals surface area contributed by atoms with Crippen molar-refractivity contribution < 1.29 is 9.90 Å². The van der Waals surface area contributed by atoms with Gasteiger partial charge in [0.15, 0.2) is 0 Å². The van der Waals surface area contributed by atoms with Crippen molar-refractivity contribution in [1.82, 2.24) is 19.7 Å². The van der Waals surface area contributed by atoms with Crippen LogP contribution in [0.4, 0.5) is 0 Å². The molecular formula is C16H20N4O2. The molecule has 6 heteroatoms. The Morgan fingerprint density at radius 3 is 2.91 bits per heavy atom. The number of rotatable bonds is 5. The minimum Gasteiger partial charge on any atom is -0.480 e. The minimum atomic E-state index is -0.863. The van der Waals surface area contributed by atoms with E-state index in [1.165, 1.54) is 10.2 Å². The topological polar surface area (TPSA) is 71.2 Å².